The van der Waals surface area contributed by atoms with Crippen LogP contribution >= 0.6 is 0 Å². The van der Waals surface area contributed by atoms with E-state index in [4.69, 9.17) is 19.7 Å². The van der Waals surface area contributed by atoms with Crippen molar-refractivity contribution in [3.05, 3.63) is 54.1 Å². The summed E-state index contributed by atoms with van der Waals surface area (Å²) in [6, 6.07) is 11.6. The van der Waals surface area contributed by atoms with Gasteiger partial charge in [-0.1, -0.05) is 0 Å². The Morgan fingerprint density at radius 2 is 2.09 bits per heavy atom. The number of hydrogen-bond donors (Lipinski definition) is 2. The maximum absolute atomic E-state index is 12.0. The molecule has 0 aliphatic heterocycles. The van der Waals surface area contributed by atoms with Gasteiger partial charge >= 0.3 is 0 Å². The van der Waals surface area contributed by atoms with Crippen molar-refractivity contribution in [3.63, 3.8) is 0 Å². The molecule has 0 unspecified atom stereocenters. The number of nitriles is 2. The van der Waals surface area contributed by atoms with E-state index in [2.05, 4.69) is 10.6 Å². The lowest BCUT2D eigenvalue weighted by Crippen LogP contribution is -2.11. The first-order valence-corrected chi connectivity index (χ1v) is 6.47. The second-order valence-electron chi connectivity index (χ2n) is 4.27. The molecule has 0 bridgehead atoms. The summed E-state index contributed by atoms with van der Waals surface area (Å²) < 4.78 is 10.2. The van der Waals surface area contributed by atoms with Crippen LogP contribution in [0.3, 0.4) is 0 Å². The molecule has 0 fully saturated rings. The van der Waals surface area contributed by atoms with E-state index in [0.29, 0.717) is 17.1 Å². The molecule has 23 heavy (non-hydrogen) atoms. The van der Waals surface area contributed by atoms with Crippen LogP contribution in [-0.4, -0.2) is 13.0 Å². The molecule has 2 rings (SSSR count). The fraction of sp³-hybridized carbons (Fsp3) is 0.0625. The second-order valence-corrected chi connectivity index (χ2v) is 4.27. The zero-order valence-electron chi connectivity index (χ0n) is 12.2. The normalized spacial score (nSPS) is 9.17. The third-order valence-corrected chi connectivity index (χ3v) is 2.82. The number of ether oxygens (including phenoxy) is 1. The van der Waals surface area contributed by atoms with Crippen LogP contribution in [0.2, 0.25) is 0 Å². The Labute approximate surface area is 132 Å². The highest BCUT2D eigenvalue weighted by atomic mass is 16.5. The summed E-state index contributed by atoms with van der Waals surface area (Å²) in [5.74, 6) is 0.203. The van der Waals surface area contributed by atoms with Crippen molar-refractivity contribution in [1.29, 1.82) is 10.5 Å². The number of methoxy groups -OCH3 is 1. The SMILES string of the molecule is COc1cc(NC=C(C#N)C#N)ccc1NC(=O)c1ccco1. The number of nitrogens with zero attached hydrogens (tertiary/aromatic N) is 2. The van der Waals surface area contributed by atoms with Gasteiger partial charge in [-0.05, 0) is 24.3 Å². The van der Waals surface area contributed by atoms with E-state index in [-0.39, 0.29) is 11.3 Å². The maximum atomic E-state index is 12.0. The molecule has 114 valence electrons. The average Bonchev–Trinajstić information content (AvgIpc) is 3.11. The number of anilines is 2. The van der Waals surface area contributed by atoms with Gasteiger partial charge in [0.15, 0.2) is 5.76 Å². The molecule has 1 heterocycles. The van der Waals surface area contributed by atoms with E-state index in [9.17, 15) is 4.79 Å². The van der Waals surface area contributed by atoms with Gasteiger partial charge in [-0.2, -0.15) is 10.5 Å². The van der Waals surface area contributed by atoms with Gasteiger partial charge in [0.1, 0.15) is 23.5 Å². The van der Waals surface area contributed by atoms with Gasteiger partial charge in [0.25, 0.3) is 5.91 Å². The molecule has 1 amide bonds. The van der Waals surface area contributed by atoms with Crippen LogP contribution in [0, 0.1) is 22.7 Å². The summed E-state index contributed by atoms with van der Waals surface area (Å²) in [6.07, 6.45) is 2.70. The highest BCUT2D eigenvalue weighted by molar-refractivity contribution is 6.03. The molecule has 0 atom stereocenters. The quantitative estimate of drug-likeness (QED) is 0.821. The Kier molecular flexibility index (Phi) is 5.00. The molecule has 7 heteroatoms. The van der Waals surface area contributed by atoms with E-state index in [0.717, 1.165) is 0 Å². The first-order chi connectivity index (χ1) is 11.2. The highest BCUT2D eigenvalue weighted by Gasteiger charge is 2.12. The van der Waals surface area contributed by atoms with Gasteiger partial charge in [-0.3, -0.25) is 4.79 Å². The number of furan rings is 1. The highest BCUT2D eigenvalue weighted by Crippen LogP contribution is 2.28. The molecule has 7 nitrogen and oxygen atoms in total. The van der Waals surface area contributed by atoms with Gasteiger partial charge in [0, 0.05) is 18.0 Å². The Morgan fingerprint density at radius 1 is 1.30 bits per heavy atom. The molecule has 0 aliphatic rings. The zero-order valence-corrected chi connectivity index (χ0v) is 12.2. The Morgan fingerprint density at radius 3 is 2.70 bits per heavy atom. The predicted molar refractivity (Wildman–Crippen MR) is 82.6 cm³/mol. The summed E-state index contributed by atoms with van der Waals surface area (Å²) in [7, 11) is 1.47. The number of rotatable bonds is 5. The van der Waals surface area contributed by atoms with Gasteiger partial charge < -0.3 is 19.8 Å². The first kappa shape index (κ1) is 15.7. The van der Waals surface area contributed by atoms with Gasteiger partial charge in [0.2, 0.25) is 0 Å². The van der Waals surface area contributed by atoms with Crippen molar-refractivity contribution >= 4 is 17.3 Å². The predicted octanol–water partition coefficient (Wildman–Crippen LogP) is 2.88. The summed E-state index contributed by atoms with van der Waals surface area (Å²) in [4.78, 5) is 12.0. The van der Waals surface area contributed by atoms with Crippen molar-refractivity contribution < 1.29 is 13.9 Å². The van der Waals surface area contributed by atoms with Crippen molar-refractivity contribution in [1.82, 2.24) is 0 Å². The third-order valence-electron chi connectivity index (χ3n) is 2.82. The molecule has 0 aliphatic carbocycles. The fourth-order valence-corrected chi connectivity index (χ4v) is 1.72. The van der Waals surface area contributed by atoms with Crippen molar-refractivity contribution in [2.75, 3.05) is 17.7 Å². The third kappa shape index (κ3) is 3.90. The molecule has 0 saturated carbocycles. The van der Waals surface area contributed by atoms with E-state index in [1.54, 1.807) is 42.5 Å². The van der Waals surface area contributed by atoms with E-state index in [1.807, 2.05) is 0 Å². The minimum atomic E-state index is -0.398. The molecule has 0 radical (unpaired) electrons. The van der Waals surface area contributed by atoms with Gasteiger partial charge in [-0.25, -0.2) is 0 Å². The van der Waals surface area contributed by atoms with Crippen LogP contribution < -0.4 is 15.4 Å². The number of carbonyl (C=O) groups excluding carboxylic acids is 1. The van der Waals surface area contributed by atoms with Gasteiger partial charge in [-0.15, -0.1) is 0 Å². The standard InChI is InChI=1S/C16H12N4O3/c1-22-15-7-12(19-10-11(8-17)9-18)4-5-13(15)20-16(21)14-3-2-6-23-14/h2-7,10,19H,1H3,(H,20,21). The van der Waals surface area contributed by atoms with E-state index >= 15 is 0 Å². The smallest absolute Gasteiger partial charge is 0.291 e. The van der Waals surface area contributed by atoms with Crippen LogP contribution in [0.1, 0.15) is 10.6 Å². The van der Waals surface area contributed by atoms with Crippen LogP contribution in [0.4, 0.5) is 11.4 Å². The molecular weight excluding hydrogens is 296 g/mol. The van der Waals surface area contributed by atoms with E-state index < -0.39 is 5.91 Å². The Hall–Kier alpha value is -3.71. The summed E-state index contributed by atoms with van der Waals surface area (Å²) in [5.41, 5.74) is 1.00. The summed E-state index contributed by atoms with van der Waals surface area (Å²) in [6.45, 7) is 0. The first-order valence-electron chi connectivity index (χ1n) is 6.47. The van der Waals surface area contributed by atoms with Crippen LogP contribution in [0.5, 0.6) is 5.75 Å². The summed E-state index contributed by atoms with van der Waals surface area (Å²) >= 11 is 0. The maximum Gasteiger partial charge on any atom is 0.291 e. The number of amides is 1. The lowest BCUT2D eigenvalue weighted by molar-refractivity contribution is 0.0996. The zero-order chi connectivity index (χ0) is 16.7. The van der Waals surface area contributed by atoms with E-state index in [1.165, 1.54) is 19.6 Å². The number of benzene rings is 1. The minimum Gasteiger partial charge on any atom is -0.494 e. The molecular formula is C16H12N4O3. The number of hydrogen-bond acceptors (Lipinski definition) is 6. The molecule has 1 aromatic carbocycles. The largest absolute Gasteiger partial charge is 0.494 e. The van der Waals surface area contributed by atoms with Gasteiger partial charge in [0.05, 0.1) is 19.1 Å². The second kappa shape index (κ2) is 7.34. The monoisotopic (exact) mass is 308 g/mol. The Bertz CT molecular complexity index is 795. The lowest BCUT2D eigenvalue weighted by Gasteiger charge is -2.11. The topological polar surface area (TPSA) is 111 Å². The van der Waals surface area contributed by atoms with Crippen molar-refractivity contribution in [2.24, 2.45) is 0 Å². The Balaban J connectivity index is 2.17. The summed E-state index contributed by atoms with van der Waals surface area (Å²) in [5, 5.41) is 22.8. The molecule has 0 saturated heterocycles. The number of carbonyl (C=O) groups is 1. The fourth-order valence-electron chi connectivity index (χ4n) is 1.72. The van der Waals surface area contributed by atoms with Crippen LogP contribution in [-0.2, 0) is 0 Å². The van der Waals surface area contributed by atoms with Crippen LogP contribution in [0.15, 0.2) is 52.8 Å². The average molecular weight is 308 g/mol. The van der Waals surface area contributed by atoms with Crippen molar-refractivity contribution in [2.45, 2.75) is 0 Å². The molecule has 1 aromatic heterocycles. The minimum absolute atomic E-state index is 0.0563. The molecule has 0 spiro atoms. The molecule has 2 N–H and O–H groups in total. The number of nitrogens with one attached hydrogen (secondary N) is 2. The molecule has 2 aromatic rings. The lowest BCUT2D eigenvalue weighted by atomic mass is 10.2. The number of allylic oxidation sites excluding steroid dienone is 1. The van der Waals surface area contributed by atoms with Crippen molar-refractivity contribution in [3.8, 4) is 17.9 Å². The van der Waals surface area contributed by atoms with Crippen LogP contribution in [0.25, 0.3) is 0 Å².